The van der Waals surface area contributed by atoms with Gasteiger partial charge in [0.2, 0.25) is 0 Å². The summed E-state index contributed by atoms with van der Waals surface area (Å²) < 4.78 is 20.2. The lowest BCUT2D eigenvalue weighted by Crippen LogP contribution is -2.55. The predicted molar refractivity (Wildman–Crippen MR) is 69.0 cm³/mol. The van der Waals surface area contributed by atoms with Crippen LogP contribution >= 0.6 is 15.9 Å². The Morgan fingerprint density at radius 3 is 2.72 bits per heavy atom. The molecule has 2 nitrogen and oxygen atoms in total. The van der Waals surface area contributed by atoms with E-state index in [1.165, 1.54) is 6.07 Å². The maximum Gasteiger partial charge on any atom is 0.165 e. The van der Waals surface area contributed by atoms with Gasteiger partial charge in [-0.25, -0.2) is 4.39 Å². The van der Waals surface area contributed by atoms with Gasteiger partial charge in [0.15, 0.2) is 11.6 Å². The molecule has 2 fully saturated rings. The first-order chi connectivity index (χ1) is 8.62. The molecule has 1 atom stereocenters. The highest BCUT2D eigenvalue weighted by Crippen LogP contribution is 2.52. The average molecular weight is 313 g/mol. The minimum atomic E-state index is -0.370. The molecule has 2 aliphatic carbocycles. The Morgan fingerprint density at radius 1 is 1.33 bits per heavy atom. The summed E-state index contributed by atoms with van der Waals surface area (Å²) in [5.41, 5.74) is -0.311. The quantitative estimate of drug-likeness (QED) is 0.828. The topological polar surface area (TPSA) is 26.3 Å². The first kappa shape index (κ1) is 12.2. The van der Waals surface area contributed by atoms with Crippen LogP contribution in [0.2, 0.25) is 0 Å². The second kappa shape index (κ2) is 4.34. The summed E-state index contributed by atoms with van der Waals surface area (Å²) in [6, 6.07) is 4.64. The van der Waals surface area contributed by atoms with Crippen LogP contribution in [0.3, 0.4) is 0 Å². The molecule has 1 spiro atoms. The molecule has 0 saturated heterocycles. The second-order valence-corrected chi connectivity index (χ2v) is 6.09. The Bertz CT molecular complexity index is 495. The minimum absolute atomic E-state index is 0.142. The van der Waals surface area contributed by atoms with E-state index >= 15 is 0 Å². The van der Waals surface area contributed by atoms with Crippen molar-refractivity contribution >= 4 is 21.7 Å². The second-order valence-electron chi connectivity index (χ2n) is 5.17. The van der Waals surface area contributed by atoms with Crippen LogP contribution in [0, 0.1) is 11.2 Å². The van der Waals surface area contributed by atoms with Gasteiger partial charge in [-0.05, 0) is 31.0 Å². The Hall–Kier alpha value is -0.900. The molecule has 0 amide bonds. The number of hydrogen-bond acceptors (Lipinski definition) is 2. The molecule has 1 unspecified atom stereocenters. The number of carbonyl (C=O) groups is 1. The molecule has 18 heavy (non-hydrogen) atoms. The zero-order chi connectivity index (χ0) is 12.8. The Morgan fingerprint density at radius 2 is 2.06 bits per heavy atom. The van der Waals surface area contributed by atoms with Crippen molar-refractivity contribution in [2.24, 2.45) is 5.41 Å². The lowest BCUT2D eigenvalue weighted by molar-refractivity contribution is -0.151. The number of ether oxygens (including phenoxy) is 1. The van der Waals surface area contributed by atoms with Gasteiger partial charge in [-0.2, -0.15) is 0 Å². The van der Waals surface area contributed by atoms with Crippen LogP contribution in [0.5, 0.6) is 5.75 Å². The monoisotopic (exact) mass is 312 g/mol. The summed E-state index contributed by atoms with van der Waals surface area (Å²) in [5.74, 6) is 0.166. The van der Waals surface area contributed by atoms with Crippen molar-refractivity contribution in [3.63, 3.8) is 0 Å². The van der Waals surface area contributed by atoms with Crippen molar-refractivity contribution in [3.05, 3.63) is 28.5 Å². The number of hydrogen-bond donors (Lipinski definition) is 0. The van der Waals surface area contributed by atoms with E-state index in [4.69, 9.17) is 4.74 Å². The number of ketones is 1. The van der Waals surface area contributed by atoms with Crippen LogP contribution in [0.15, 0.2) is 22.7 Å². The summed E-state index contributed by atoms with van der Waals surface area (Å²) in [5, 5.41) is 0. The van der Waals surface area contributed by atoms with Crippen LogP contribution in [-0.2, 0) is 4.79 Å². The summed E-state index contributed by atoms with van der Waals surface area (Å²) in [4.78, 5) is 11.8. The molecule has 0 bridgehead atoms. The van der Waals surface area contributed by atoms with Gasteiger partial charge in [0, 0.05) is 10.9 Å². The largest absolute Gasteiger partial charge is 0.486 e. The molecule has 0 radical (unpaired) electrons. The summed E-state index contributed by atoms with van der Waals surface area (Å²) >= 11 is 3.30. The Labute approximate surface area is 114 Å². The van der Waals surface area contributed by atoms with Crippen molar-refractivity contribution < 1.29 is 13.9 Å². The van der Waals surface area contributed by atoms with Gasteiger partial charge in [-0.3, -0.25) is 4.79 Å². The van der Waals surface area contributed by atoms with Crippen LogP contribution < -0.4 is 4.74 Å². The van der Waals surface area contributed by atoms with E-state index in [1.54, 1.807) is 12.1 Å². The lowest BCUT2D eigenvalue weighted by atomic mass is 9.63. The maximum atomic E-state index is 13.6. The third-order valence-corrected chi connectivity index (χ3v) is 4.69. The fourth-order valence-corrected chi connectivity index (χ4v) is 3.44. The van der Waals surface area contributed by atoms with E-state index in [2.05, 4.69) is 15.9 Å². The number of carbonyl (C=O) groups excluding carboxylic acids is 1. The van der Waals surface area contributed by atoms with E-state index < -0.39 is 0 Å². The molecule has 0 heterocycles. The molecule has 4 heteroatoms. The molecule has 2 saturated carbocycles. The van der Waals surface area contributed by atoms with E-state index in [0.29, 0.717) is 12.2 Å². The van der Waals surface area contributed by atoms with E-state index in [1.807, 2.05) is 0 Å². The van der Waals surface area contributed by atoms with Crippen molar-refractivity contribution in [1.29, 1.82) is 0 Å². The third kappa shape index (κ3) is 1.78. The van der Waals surface area contributed by atoms with E-state index in [-0.39, 0.29) is 23.1 Å². The molecule has 96 valence electrons. The number of benzene rings is 1. The van der Waals surface area contributed by atoms with Crippen molar-refractivity contribution in [2.75, 3.05) is 0 Å². The zero-order valence-corrected chi connectivity index (χ0v) is 11.5. The molecule has 2 aliphatic rings. The lowest BCUT2D eigenvalue weighted by Gasteiger charge is -2.44. The van der Waals surface area contributed by atoms with Crippen molar-refractivity contribution in [3.8, 4) is 5.75 Å². The van der Waals surface area contributed by atoms with Crippen molar-refractivity contribution in [1.82, 2.24) is 0 Å². The first-order valence-electron chi connectivity index (χ1n) is 6.27. The number of rotatable bonds is 2. The maximum absolute atomic E-state index is 13.6. The molecular formula is C14H14BrFO2. The predicted octanol–water partition coefficient (Wildman–Crippen LogP) is 3.87. The zero-order valence-electron chi connectivity index (χ0n) is 9.92. The first-order valence-corrected chi connectivity index (χ1v) is 7.06. The van der Waals surface area contributed by atoms with Crippen LogP contribution in [0.4, 0.5) is 4.39 Å². The fourth-order valence-electron chi connectivity index (χ4n) is 3.10. The van der Waals surface area contributed by atoms with Gasteiger partial charge in [0.05, 0.1) is 5.41 Å². The van der Waals surface area contributed by atoms with E-state index in [0.717, 1.165) is 30.2 Å². The molecule has 3 rings (SSSR count). The highest BCUT2D eigenvalue weighted by Gasteiger charge is 2.57. The van der Waals surface area contributed by atoms with E-state index in [9.17, 15) is 9.18 Å². The van der Waals surface area contributed by atoms with Gasteiger partial charge in [0.1, 0.15) is 11.9 Å². The molecule has 0 N–H and O–H groups in total. The Kier molecular flexibility index (Phi) is 2.93. The molecule has 1 aromatic carbocycles. The minimum Gasteiger partial charge on any atom is -0.486 e. The molecule has 0 aromatic heterocycles. The molecular weight excluding hydrogens is 299 g/mol. The molecule has 0 aliphatic heterocycles. The van der Waals surface area contributed by atoms with Crippen molar-refractivity contribution in [2.45, 2.75) is 38.2 Å². The average Bonchev–Trinajstić information content (AvgIpc) is 2.85. The standard InChI is InChI=1S/C14H14BrFO2/c15-9-3-4-10(16)11(7-9)18-13-8-12(17)14(13)5-1-2-6-14/h3-4,7,13H,1-2,5-6,8H2. The van der Waals surface area contributed by atoms with Crippen LogP contribution in [0.1, 0.15) is 32.1 Å². The van der Waals surface area contributed by atoms with Gasteiger partial charge in [-0.15, -0.1) is 0 Å². The van der Waals surface area contributed by atoms with Gasteiger partial charge < -0.3 is 4.74 Å². The molecule has 1 aromatic rings. The summed E-state index contributed by atoms with van der Waals surface area (Å²) in [7, 11) is 0. The normalized spacial score (nSPS) is 25.2. The summed E-state index contributed by atoms with van der Waals surface area (Å²) in [6.45, 7) is 0. The number of halogens is 2. The van der Waals surface area contributed by atoms with Crippen LogP contribution in [0.25, 0.3) is 0 Å². The van der Waals surface area contributed by atoms with Gasteiger partial charge in [-0.1, -0.05) is 28.8 Å². The summed E-state index contributed by atoms with van der Waals surface area (Å²) in [6.07, 6.45) is 4.22. The SMILES string of the molecule is O=C1CC(Oc2cc(Br)ccc2F)C12CCCC2. The third-order valence-electron chi connectivity index (χ3n) is 4.20. The van der Waals surface area contributed by atoms with Gasteiger partial charge >= 0.3 is 0 Å². The fraction of sp³-hybridized carbons (Fsp3) is 0.500. The van der Waals surface area contributed by atoms with Crippen LogP contribution in [-0.4, -0.2) is 11.9 Å². The Balaban J connectivity index is 1.81. The van der Waals surface area contributed by atoms with Gasteiger partial charge in [0.25, 0.3) is 0 Å². The highest BCUT2D eigenvalue weighted by atomic mass is 79.9. The smallest absolute Gasteiger partial charge is 0.165 e. The highest BCUT2D eigenvalue weighted by molar-refractivity contribution is 9.10. The number of Topliss-reactive ketones (excluding diaryl/α,β-unsaturated/α-hetero) is 1.